The molecule has 60 valence electrons. The Labute approximate surface area is 65.5 Å². The average Bonchev–Trinajstić information content (AvgIpc) is 2.35. The third kappa shape index (κ3) is 0.895. The van der Waals surface area contributed by atoms with Gasteiger partial charge in [-0.15, -0.1) is 0 Å². The number of nitrogens with zero attached hydrogens (tertiary/aromatic N) is 3. The van der Waals surface area contributed by atoms with Gasteiger partial charge in [0, 0.05) is 13.0 Å². The lowest BCUT2D eigenvalue weighted by molar-refractivity contribution is -0.134. The Morgan fingerprint density at radius 3 is 2.91 bits per heavy atom. The van der Waals surface area contributed by atoms with Crippen molar-refractivity contribution < 1.29 is 4.79 Å². The Hall–Kier alpha value is -1.06. The predicted octanol–water partition coefficient (Wildman–Crippen LogP) is -0.132. The molecule has 0 aromatic carbocycles. The largest absolute Gasteiger partial charge is 0.273 e. The van der Waals surface area contributed by atoms with Gasteiger partial charge in [0.2, 0.25) is 5.91 Å². The van der Waals surface area contributed by atoms with Crippen LogP contribution in [0.2, 0.25) is 0 Å². The highest BCUT2D eigenvalue weighted by Gasteiger charge is 2.31. The van der Waals surface area contributed by atoms with E-state index in [0.29, 0.717) is 6.42 Å². The van der Waals surface area contributed by atoms with Crippen LogP contribution in [0.3, 0.4) is 0 Å². The summed E-state index contributed by atoms with van der Waals surface area (Å²) in [6, 6.07) is 0. The summed E-state index contributed by atoms with van der Waals surface area (Å²) in [5.74, 6) is 1.21. The van der Waals surface area contributed by atoms with Crippen molar-refractivity contribution in [3.05, 3.63) is 0 Å². The third-order valence-electron chi connectivity index (χ3n) is 2.14. The molecule has 2 heterocycles. The molecule has 0 aromatic rings. The third-order valence-corrected chi connectivity index (χ3v) is 2.14. The van der Waals surface area contributed by atoms with E-state index in [1.54, 1.807) is 5.01 Å². The van der Waals surface area contributed by atoms with Crippen LogP contribution in [0.4, 0.5) is 0 Å². The summed E-state index contributed by atoms with van der Waals surface area (Å²) >= 11 is 0. The van der Waals surface area contributed by atoms with Gasteiger partial charge in [-0.05, 0) is 6.92 Å². The standard InChI is InChI=1S/C7H11N3O/c1-6-8-3-5-10-7(11)2-4-9(6)10/h2-5H2,1H3. The molecular formula is C7H11N3O. The fourth-order valence-electron chi connectivity index (χ4n) is 1.56. The molecule has 1 fully saturated rings. The van der Waals surface area contributed by atoms with Crippen molar-refractivity contribution in [3.63, 3.8) is 0 Å². The Morgan fingerprint density at radius 2 is 2.18 bits per heavy atom. The first-order chi connectivity index (χ1) is 5.29. The SMILES string of the molecule is CC1=NCCN2C(=O)CCN12. The summed E-state index contributed by atoms with van der Waals surface area (Å²) in [6.07, 6.45) is 0.646. The van der Waals surface area contributed by atoms with Crippen LogP contribution in [-0.2, 0) is 4.79 Å². The molecule has 2 aliphatic rings. The monoisotopic (exact) mass is 153 g/mol. The molecule has 1 amide bonds. The zero-order chi connectivity index (χ0) is 7.84. The molecule has 4 nitrogen and oxygen atoms in total. The van der Waals surface area contributed by atoms with Gasteiger partial charge in [-0.3, -0.25) is 19.8 Å². The molecule has 0 radical (unpaired) electrons. The molecule has 1 saturated heterocycles. The van der Waals surface area contributed by atoms with Crippen molar-refractivity contribution in [1.82, 2.24) is 10.0 Å². The van der Waals surface area contributed by atoms with E-state index in [4.69, 9.17) is 0 Å². The number of hydrogen-bond donors (Lipinski definition) is 0. The van der Waals surface area contributed by atoms with Gasteiger partial charge in [-0.25, -0.2) is 0 Å². The van der Waals surface area contributed by atoms with Gasteiger partial charge >= 0.3 is 0 Å². The van der Waals surface area contributed by atoms with Crippen LogP contribution in [-0.4, -0.2) is 41.4 Å². The summed E-state index contributed by atoms with van der Waals surface area (Å²) in [5.41, 5.74) is 0. The lowest BCUT2D eigenvalue weighted by Crippen LogP contribution is -2.46. The van der Waals surface area contributed by atoms with Gasteiger partial charge < -0.3 is 0 Å². The van der Waals surface area contributed by atoms with Crippen molar-refractivity contribution in [3.8, 4) is 0 Å². The second-order valence-electron chi connectivity index (χ2n) is 2.82. The minimum absolute atomic E-state index is 0.235. The number of aliphatic imine (C=N–C) groups is 1. The zero-order valence-corrected chi connectivity index (χ0v) is 6.58. The summed E-state index contributed by atoms with van der Waals surface area (Å²) < 4.78 is 0. The second kappa shape index (κ2) is 2.22. The predicted molar refractivity (Wildman–Crippen MR) is 41.0 cm³/mol. The maximum atomic E-state index is 11.2. The molecular weight excluding hydrogens is 142 g/mol. The van der Waals surface area contributed by atoms with Crippen LogP contribution in [0.25, 0.3) is 0 Å². The van der Waals surface area contributed by atoms with Gasteiger partial charge in [-0.1, -0.05) is 0 Å². The normalized spacial score (nSPS) is 23.7. The number of carbonyl (C=O) groups excluding carboxylic acids is 1. The molecule has 2 aliphatic heterocycles. The lowest BCUT2D eigenvalue weighted by Gasteiger charge is -2.32. The fraction of sp³-hybridized carbons (Fsp3) is 0.714. The van der Waals surface area contributed by atoms with E-state index in [1.807, 2.05) is 11.9 Å². The summed E-state index contributed by atoms with van der Waals surface area (Å²) in [4.78, 5) is 15.4. The maximum Gasteiger partial charge on any atom is 0.243 e. The number of hydrogen-bond acceptors (Lipinski definition) is 3. The van der Waals surface area contributed by atoms with Gasteiger partial charge in [0.15, 0.2) is 0 Å². The van der Waals surface area contributed by atoms with Gasteiger partial charge in [-0.2, -0.15) is 0 Å². The molecule has 0 atom stereocenters. The number of hydrazine groups is 1. The summed E-state index contributed by atoms with van der Waals surface area (Å²) in [7, 11) is 0. The molecule has 11 heavy (non-hydrogen) atoms. The van der Waals surface area contributed by atoms with E-state index in [0.717, 1.165) is 25.5 Å². The van der Waals surface area contributed by atoms with Crippen molar-refractivity contribution in [1.29, 1.82) is 0 Å². The van der Waals surface area contributed by atoms with E-state index < -0.39 is 0 Å². The summed E-state index contributed by atoms with van der Waals surface area (Å²) in [5, 5.41) is 3.76. The molecule has 0 aliphatic carbocycles. The Balaban J connectivity index is 2.24. The van der Waals surface area contributed by atoms with Crippen molar-refractivity contribution in [2.24, 2.45) is 4.99 Å². The van der Waals surface area contributed by atoms with Crippen LogP contribution in [0.15, 0.2) is 4.99 Å². The van der Waals surface area contributed by atoms with Crippen LogP contribution in [0.5, 0.6) is 0 Å². The van der Waals surface area contributed by atoms with Crippen LogP contribution in [0, 0.1) is 0 Å². The first-order valence-electron chi connectivity index (χ1n) is 3.88. The van der Waals surface area contributed by atoms with E-state index in [1.165, 1.54) is 0 Å². The summed E-state index contributed by atoms with van der Waals surface area (Å²) in [6.45, 7) is 4.28. The van der Waals surface area contributed by atoms with Crippen molar-refractivity contribution in [2.45, 2.75) is 13.3 Å². The number of carbonyl (C=O) groups is 1. The van der Waals surface area contributed by atoms with E-state index >= 15 is 0 Å². The van der Waals surface area contributed by atoms with Gasteiger partial charge in [0.05, 0.1) is 13.1 Å². The molecule has 2 rings (SSSR count). The van der Waals surface area contributed by atoms with Crippen LogP contribution in [0.1, 0.15) is 13.3 Å². The van der Waals surface area contributed by atoms with Crippen LogP contribution < -0.4 is 0 Å². The molecule has 0 saturated carbocycles. The first kappa shape index (κ1) is 6.64. The lowest BCUT2D eigenvalue weighted by atomic mass is 10.4. The van der Waals surface area contributed by atoms with E-state index in [2.05, 4.69) is 4.99 Å². The highest BCUT2D eigenvalue weighted by atomic mass is 16.2. The number of amidine groups is 1. The topological polar surface area (TPSA) is 35.9 Å². The van der Waals surface area contributed by atoms with Crippen LogP contribution >= 0.6 is 0 Å². The van der Waals surface area contributed by atoms with E-state index in [-0.39, 0.29) is 5.91 Å². The quantitative estimate of drug-likeness (QED) is 0.486. The fourth-order valence-corrected chi connectivity index (χ4v) is 1.56. The molecule has 0 unspecified atom stereocenters. The molecule has 0 spiro atoms. The average molecular weight is 153 g/mol. The molecule has 4 heteroatoms. The Morgan fingerprint density at radius 1 is 1.36 bits per heavy atom. The minimum Gasteiger partial charge on any atom is -0.273 e. The maximum absolute atomic E-state index is 11.2. The second-order valence-corrected chi connectivity index (χ2v) is 2.82. The first-order valence-corrected chi connectivity index (χ1v) is 3.88. The number of fused-ring (bicyclic) bond motifs is 1. The van der Waals surface area contributed by atoms with Crippen molar-refractivity contribution in [2.75, 3.05) is 19.6 Å². The zero-order valence-electron chi connectivity index (χ0n) is 6.58. The molecule has 0 aromatic heterocycles. The Kier molecular flexibility index (Phi) is 1.34. The van der Waals surface area contributed by atoms with Gasteiger partial charge in [0.1, 0.15) is 5.84 Å². The number of amides is 1. The van der Waals surface area contributed by atoms with E-state index in [9.17, 15) is 4.79 Å². The minimum atomic E-state index is 0.235. The Bertz CT molecular complexity index is 224. The highest BCUT2D eigenvalue weighted by molar-refractivity contribution is 5.87. The van der Waals surface area contributed by atoms with Gasteiger partial charge in [0.25, 0.3) is 0 Å². The molecule has 0 bridgehead atoms. The number of rotatable bonds is 0. The highest BCUT2D eigenvalue weighted by Crippen LogP contribution is 2.15. The molecule has 0 N–H and O–H groups in total. The van der Waals surface area contributed by atoms with Crippen molar-refractivity contribution >= 4 is 11.7 Å². The smallest absolute Gasteiger partial charge is 0.243 e.